The monoisotopic (exact) mass is 169 g/mol. The van der Waals surface area contributed by atoms with Crippen LogP contribution in [0.1, 0.15) is 45.4 Å². The van der Waals surface area contributed by atoms with Crippen molar-refractivity contribution < 1.29 is 4.79 Å². The van der Waals surface area contributed by atoms with Crippen LogP contribution in [0.4, 0.5) is 0 Å². The van der Waals surface area contributed by atoms with E-state index in [2.05, 4.69) is 12.2 Å². The van der Waals surface area contributed by atoms with Crippen molar-refractivity contribution in [3.8, 4) is 0 Å². The van der Waals surface area contributed by atoms with Gasteiger partial charge in [0.2, 0.25) is 5.91 Å². The first-order valence-corrected chi connectivity index (χ1v) is 5.12. The van der Waals surface area contributed by atoms with E-state index in [1.165, 1.54) is 25.7 Å². The Balaban J connectivity index is 2.02. The summed E-state index contributed by atoms with van der Waals surface area (Å²) in [4.78, 5) is 11.1. The van der Waals surface area contributed by atoms with Crippen molar-refractivity contribution in [1.29, 1.82) is 0 Å². The predicted octanol–water partition coefficient (Wildman–Crippen LogP) is 2.09. The molecule has 0 aromatic rings. The molecule has 0 radical (unpaired) electrons. The Bertz CT molecular complexity index is 145. The predicted molar refractivity (Wildman–Crippen MR) is 49.9 cm³/mol. The van der Waals surface area contributed by atoms with Crippen LogP contribution >= 0.6 is 0 Å². The molecule has 1 aliphatic heterocycles. The van der Waals surface area contributed by atoms with Gasteiger partial charge in [0.25, 0.3) is 0 Å². The molecule has 1 rings (SSSR count). The van der Waals surface area contributed by atoms with Crippen molar-refractivity contribution in [3.63, 3.8) is 0 Å². The molecule has 0 bridgehead atoms. The van der Waals surface area contributed by atoms with Crippen LogP contribution < -0.4 is 5.32 Å². The Kier molecular flexibility index (Phi) is 4.12. The average Bonchev–Trinajstić information content (AvgIpc) is 2.46. The molecule has 1 N–H and O–H groups in total. The Morgan fingerprint density at radius 3 is 2.83 bits per heavy atom. The molecule has 1 saturated heterocycles. The molecule has 1 heterocycles. The first-order valence-electron chi connectivity index (χ1n) is 5.12. The van der Waals surface area contributed by atoms with Crippen LogP contribution in [-0.2, 0) is 4.79 Å². The third kappa shape index (κ3) is 2.84. The Hall–Kier alpha value is -0.530. The second kappa shape index (κ2) is 5.18. The maximum atomic E-state index is 11.1. The van der Waals surface area contributed by atoms with Gasteiger partial charge >= 0.3 is 0 Å². The Labute approximate surface area is 74.7 Å². The van der Waals surface area contributed by atoms with Crippen LogP contribution in [-0.4, -0.2) is 12.5 Å². The highest BCUT2D eigenvalue weighted by molar-refractivity contribution is 5.80. The van der Waals surface area contributed by atoms with Gasteiger partial charge < -0.3 is 5.32 Å². The van der Waals surface area contributed by atoms with E-state index in [0.717, 1.165) is 19.4 Å². The summed E-state index contributed by atoms with van der Waals surface area (Å²) >= 11 is 0. The maximum Gasteiger partial charge on any atom is 0.223 e. The Morgan fingerprint density at radius 1 is 1.42 bits per heavy atom. The van der Waals surface area contributed by atoms with Crippen molar-refractivity contribution >= 4 is 5.91 Å². The molecule has 1 aliphatic rings. The van der Waals surface area contributed by atoms with Crippen LogP contribution in [0.3, 0.4) is 0 Å². The molecule has 0 saturated carbocycles. The van der Waals surface area contributed by atoms with Crippen LogP contribution in [0, 0.1) is 5.92 Å². The highest BCUT2D eigenvalue weighted by atomic mass is 16.2. The molecule has 1 unspecified atom stereocenters. The fraction of sp³-hybridized carbons (Fsp3) is 0.900. The first kappa shape index (κ1) is 9.56. The molecule has 70 valence electrons. The van der Waals surface area contributed by atoms with Gasteiger partial charge in [0, 0.05) is 12.5 Å². The van der Waals surface area contributed by atoms with Gasteiger partial charge in [0.1, 0.15) is 0 Å². The number of hydrogen-bond acceptors (Lipinski definition) is 1. The number of hydrogen-bond donors (Lipinski definition) is 1. The first-order chi connectivity index (χ1) is 5.84. The van der Waals surface area contributed by atoms with Gasteiger partial charge in [-0.1, -0.05) is 32.6 Å². The number of rotatable bonds is 5. The van der Waals surface area contributed by atoms with Crippen molar-refractivity contribution in [2.45, 2.75) is 45.4 Å². The van der Waals surface area contributed by atoms with E-state index in [-0.39, 0.29) is 5.91 Å². The smallest absolute Gasteiger partial charge is 0.223 e. The summed E-state index contributed by atoms with van der Waals surface area (Å²) in [6, 6.07) is 0. The minimum atomic E-state index is 0.284. The molecule has 0 aromatic heterocycles. The molecule has 12 heavy (non-hydrogen) atoms. The summed E-state index contributed by atoms with van der Waals surface area (Å²) in [7, 11) is 0. The highest BCUT2D eigenvalue weighted by Crippen LogP contribution is 2.17. The van der Waals surface area contributed by atoms with E-state index in [1.54, 1.807) is 0 Å². The average molecular weight is 169 g/mol. The molecule has 1 fully saturated rings. The number of nitrogens with one attached hydrogen (secondary N) is 1. The van der Waals surface area contributed by atoms with E-state index >= 15 is 0 Å². The molecule has 0 aromatic carbocycles. The van der Waals surface area contributed by atoms with E-state index in [9.17, 15) is 4.79 Å². The fourth-order valence-electron chi connectivity index (χ4n) is 1.74. The molecule has 0 spiro atoms. The lowest BCUT2D eigenvalue weighted by Gasteiger charge is -2.04. The van der Waals surface area contributed by atoms with Gasteiger partial charge in [-0.15, -0.1) is 0 Å². The van der Waals surface area contributed by atoms with Gasteiger partial charge in [0.15, 0.2) is 0 Å². The van der Waals surface area contributed by atoms with Gasteiger partial charge in [0.05, 0.1) is 0 Å². The topological polar surface area (TPSA) is 29.1 Å². The summed E-state index contributed by atoms with van der Waals surface area (Å²) in [6.45, 7) is 3.11. The van der Waals surface area contributed by atoms with Crippen molar-refractivity contribution in [3.05, 3.63) is 0 Å². The molecular weight excluding hydrogens is 150 g/mol. The van der Waals surface area contributed by atoms with Gasteiger partial charge in [-0.25, -0.2) is 0 Å². The number of unbranched alkanes of at least 4 members (excludes halogenated alkanes) is 3. The molecule has 1 atom stereocenters. The van der Waals surface area contributed by atoms with E-state index < -0.39 is 0 Å². The fourth-order valence-corrected chi connectivity index (χ4v) is 1.74. The van der Waals surface area contributed by atoms with Crippen LogP contribution in [0.5, 0.6) is 0 Å². The second-order valence-corrected chi connectivity index (χ2v) is 3.63. The van der Waals surface area contributed by atoms with Crippen LogP contribution in [0.25, 0.3) is 0 Å². The third-order valence-corrected chi connectivity index (χ3v) is 2.57. The summed E-state index contributed by atoms with van der Waals surface area (Å²) in [5.41, 5.74) is 0. The zero-order valence-corrected chi connectivity index (χ0v) is 7.94. The van der Waals surface area contributed by atoms with Crippen LogP contribution in [0.15, 0.2) is 0 Å². The van der Waals surface area contributed by atoms with E-state index in [0.29, 0.717) is 5.92 Å². The summed E-state index contributed by atoms with van der Waals surface area (Å²) in [5, 5.41) is 2.87. The van der Waals surface area contributed by atoms with Crippen molar-refractivity contribution in [1.82, 2.24) is 5.32 Å². The lowest BCUT2D eigenvalue weighted by molar-refractivity contribution is -0.122. The normalized spacial score (nSPS) is 22.8. The zero-order valence-electron chi connectivity index (χ0n) is 7.94. The largest absolute Gasteiger partial charge is 0.356 e. The number of carbonyl (C=O) groups is 1. The minimum absolute atomic E-state index is 0.284. The minimum Gasteiger partial charge on any atom is -0.356 e. The van der Waals surface area contributed by atoms with E-state index in [1.807, 2.05) is 0 Å². The zero-order chi connectivity index (χ0) is 8.81. The molecular formula is C10H19NO. The summed E-state index contributed by atoms with van der Waals surface area (Å²) < 4.78 is 0. The Morgan fingerprint density at radius 2 is 2.25 bits per heavy atom. The van der Waals surface area contributed by atoms with Crippen molar-refractivity contribution in [2.24, 2.45) is 5.92 Å². The lowest BCUT2D eigenvalue weighted by atomic mass is 10.00. The van der Waals surface area contributed by atoms with Gasteiger partial charge in [-0.2, -0.15) is 0 Å². The third-order valence-electron chi connectivity index (χ3n) is 2.57. The van der Waals surface area contributed by atoms with Gasteiger partial charge in [-0.05, 0) is 12.8 Å². The van der Waals surface area contributed by atoms with Crippen molar-refractivity contribution in [2.75, 3.05) is 6.54 Å². The SMILES string of the molecule is CCCCCCC1CCNC1=O. The number of carbonyl (C=O) groups excluding carboxylic acids is 1. The quantitative estimate of drug-likeness (QED) is 0.627. The molecule has 2 nitrogen and oxygen atoms in total. The standard InChI is InChI=1S/C10H19NO/c1-2-3-4-5-6-9-7-8-11-10(9)12/h9H,2-8H2,1H3,(H,11,12). The summed E-state index contributed by atoms with van der Waals surface area (Å²) in [5.74, 6) is 0.619. The lowest BCUT2D eigenvalue weighted by Crippen LogP contribution is -2.18. The summed E-state index contributed by atoms with van der Waals surface area (Å²) in [6.07, 6.45) is 7.27. The molecule has 2 heteroatoms. The second-order valence-electron chi connectivity index (χ2n) is 3.63. The number of amides is 1. The molecule has 1 amide bonds. The van der Waals surface area contributed by atoms with E-state index in [4.69, 9.17) is 0 Å². The maximum absolute atomic E-state index is 11.1. The highest BCUT2D eigenvalue weighted by Gasteiger charge is 2.22. The molecule has 0 aliphatic carbocycles. The van der Waals surface area contributed by atoms with Gasteiger partial charge in [-0.3, -0.25) is 4.79 Å². The van der Waals surface area contributed by atoms with Crippen LogP contribution in [0.2, 0.25) is 0 Å².